The number of alkyl halides is 3. The number of halogens is 3. The molecule has 0 aliphatic carbocycles. The van der Waals surface area contributed by atoms with Crippen molar-refractivity contribution in [2.24, 2.45) is 21.6 Å². The van der Waals surface area contributed by atoms with Gasteiger partial charge in [0.05, 0.1) is 28.0 Å². The summed E-state index contributed by atoms with van der Waals surface area (Å²) >= 11 is 1.31. The number of nitrogens with one attached hydrogen (secondary N) is 2. The number of carbonyl (C=O) groups is 1. The molecular weight excluding hydrogens is 447 g/mol. The average molecular weight is 472 g/mol. The van der Waals surface area contributed by atoms with Gasteiger partial charge in [0, 0.05) is 32.5 Å². The van der Waals surface area contributed by atoms with E-state index in [0.717, 1.165) is 11.8 Å². The van der Waals surface area contributed by atoms with Crippen molar-refractivity contribution in [3.63, 3.8) is 0 Å². The molecule has 174 valence electrons. The van der Waals surface area contributed by atoms with Gasteiger partial charge in [-0.2, -0.15) is 5.10 Å². The summed E-state index contributed by atoms with van der Waals surface area (Å²) in [4.78, 5) is 19.2. The maximum atomic E-state index is 12.6. The van der Waals surface area contributed by atoms with Crippen molar-refractivity contribution in [3.05, 3.63) is 51.8 Å². The van der Waals surface area contributed by atoms with E-state index >= 15 is 0 Å². The first-order valence-electron chi connectivity index (χ1n) is 8.97. The molecule has 0 saturated carbocycles. The molecule has 9 nitrogen and oxygen atoms in total. The predicted octanol–water partition coefficient (Wildman–Crippen LogP) is 2.67. The van der Waals surface area contributed by atoms with E-state index in [1.807, 2.05) is 0 Å². The second-order valence-corrected chi connectivity index (χ2v) is 7.01. The van der Waals surface area contributed by atoms with Gasteiger partial charge in [0.15, 0.2) is 5.76 Å². The topological polar surface area (TPSA) is 140 Å². The molecule has 6 N–H and O–H groups in total. The van der Waals surface area contributed by atoms with E-state index in [1.54, 1.807) is 13.1 Å². The molecule has 1 aromatic heterocycles. The molecule has 1 rings (SSSR count). The molecule has 0 aliphatic heterocycles. The number of rotatable bonds is 12. The largest absolute Gasteiger partial charge is 0.573 e. The predicted molar refractivity (Wildman–Crippen MR) is 121 cm³/mol. The molecule has 0 aliphatic rings. The third-order valence-electron chi connectivity index (χ3n) is 3.54. The summed E-state index contributed by atoms with van der Waals surface area (Å²) in [6.07, 6.45) is 2.50. The molecule has 1 amide bonds. The van der Waals surface area contributed by atoms with E-state index in [2.05, 4.69) is 37.1 Å². The van der Waals surface area contributed by atoms with Crippen LogP contribution in [0.5, 0.6) is 0 Å². The number of hydrazone groups is 1. The monoisotopic (exact) mass is 471 g/mol. The molecule has 32 heavy (non-hydrogen) atoms. The van der Waals surface area contributed by atoms with E-state index in [1.165, 1.54) is 36.9 Å². The van der Waals surface area contributed by atoms with Crippen LogP contribution in [0.2, 0.25) is 0 Å². The van der Waals surface area contributed by atoms with Gasteiger partial charge in [0.1, 0.15) is 5.82 Å². The molecule has 1 heterocycles. The Labute approximate surface area is 187 Å². The van der Waals surface area contributed by atoms with Crippen molar-refractivity contribution in [3.8, 4) is 0 Å². The van der Waals surface area contributed by atoms with Crippen molar-refractivity contribution in [1.29, 1.82) is 0 Å². The van der Waals surface area contributed by atoms with E-state index in [0.29, 0.717) is 34.1 Å². The number of hydrogen-bond acceptors (Lipinski definition) is 9. The van der Waals surface area contributed by atoms with E-state index in [4.69, 9.17) is 11.5 Å². The first-order chi connectivity index (χ1) is 15.1. The summed E-state index contributed by atoms with van der Waals surface area (Å²) in [5.74, 6) is -0.120. The van der Waals surface area contributed by atoms with Crippen LogP contribution in [0, 0.1) is 0 Å². The molecule has 13 heteroatoms. The number of hydrogen-bond donors (Lipinski definition) is 4. The maximum Gasteiger partial charge on any atom is 0.573 e. The highest BCUT2D eigenvalue weighted by molar-refractivity contribution is 7.13. The first kappa shape index (κ1) is 26.4. The zero-order valence-corrected chi connectivity index (χ0v) is 18.3. The van der Waals surface area contributed by atoms with Crippen molar-refractivity contribution >= 4 is 41.6 Å². The van der Waals surface area contributed by atoms with Gasteiger partial charge in [-0.05, 0) is 17.8 Å². The Bertz CT molecular complexity index is 947. The Morgan fingerprint density at radius 3 is 2.66 bits per heavy atom. The zero-order chi connectivity index (χ0) is 24.1. The summed E-state index contributed by atoms with van der Waals surface area (Å²) in [6.45, 7) is 3.88. The van der Waals surface area contributed by atoms with Gasteiger partial charge in [0.25, 0.3) is 0 Å². The van der Waals surface area contributed by atoms with Gasteiger partial charge in [-0.15, -0.1) is 24.5 Å². The number of aromatic nitrogens is 1. The number of carbonyl (C=O) groups excluding carboxylic acids is 1. The number of nitrogens with two attached hydrogens (primary N) is 2. The molecule has 0 bridgehead atoms. The molecule has 0 spiro atoms. The average Bonchev–Trinajstić information content (AvgIpc) is 3.11. The summed E-state index contributed by atoms with van der Waals surface area (Å²) < 4.78 is 41.8. The minimum absolute atomic E-state index is 0.126. The van der Waals surface area contributed by atoms with Crippen LogP contribution in [0.1, 0.15) is 16.3 Å². The molecule has 1 aromatic rings. The molecule has 0 aromatic carbocycles. The fourth-order valence-electron chi connectivity index (χ4n) is 2.27. The summed E-state index contributed by atoms with van der Waals surface area (Å²) in [7, 11) is 2.95. The highest BCUT2D eigenvalue weighted by Crippen LogP contribution is 2.31. The molecule has 0 atom stereocenters. The van der Waals surface area contributed by atoms with Crippen LogP contribution in [0.15, 0.2) is 52.1 Å². The van der Waals surface area contributed by atoms with Crippen LogP contribution in [0.4, 0.5) is 19.0 Å². The third-order valence-corrected chi connectivity index (χ3v) is 4.65. The lowest BCUT2D eigenvalue weighted by Gasteiger charge is -2.11. The fourth-order valence-corrected chi connectivity index (χ4v) is 3.40. The maximum absolute atomic E-state index is 12.6. The summed E-state index contributed by atoms with van der Waals surface area (Å²) in [5, 5.41) is 7.42. The Balaban J connectivity index is 3.37. The van der Waals surface area contributed by atoms with Crippen LogP contribution in [0.3, 0.4) is 0 Å². The summed E-state index contributed by atoms with van der Waals surface area (Å²) in [5.41, 5.74) is 14.3. The van der Waals surface area contributed by atoms with Gasteiger partial charge in [-0.25, -0.2) is 10.4 Å². The van der Waals surface area contributed by atoms with E-state index in [-0.39, 0.29) is 12.1 Å². The van der Waals surface area contributed by atoms with Crippen LogP contribution in [0.25, 0.3) is 5.57 Å². The van der Waals surface area contributed by atoms with Gasteiger partial charge < -0.3 is 21.5 Å². The lowest BCUT2D eigenvalue weighted by Crippen LogP contribution is -2.17. The van der Waals surface area contributed by atoms with Crippen molar-refractivity contribution in [1.82, 2.24) is 10.4 Å². The summed E-state index contributed by atoms with van der Waals surface area (Å²) in [6, 6.07) is 0. The Morgan fingerprint density at radius 1 is 1.38 bits per heavy atom. The number of nitrogens with zero attached hydrogens (tertiary/aromatic N) is 3. The number of anilines is 1. The highest BCUT2D eigenvalue weighted by atomic mass is 32.1. The zero-order valence-electron chi connectivity index (χ0n) is 17.4. The number of thiazole rings is 1. The molecule has 0 unspecified atom stereocenters. The van der Waals surface area contributed by atoms with Crippen LogP contribution < -0.4 is 22.2 Å². The number of allylic oxidation sites excluding steroid dienone is 5. The second kappa shape index (κ2) is 12.9. The Kier molecular flexibility index (Phi) is 10.7. The number of ether oxygens (including phenoxy) is 1. The van der Waals surface area contributed by atoms with Crippen molar-refractivity contribution < 1.29 is 22.7 Å². The smallest absolute Gasteiger partial charge is 0.405 e. The SMILES string of the molecule is C=C(/C=C\N)Cc1nc(NC)c(C(/C=N\NC=O)=C/CC(N)=C(C=NC)OC(F)(F)F)s1. The standard InChI is InChI=1S/C19H24F3N7O2S/c1-12(6-7-23)8-16-29-18(26-3)17(32-16)13(9-27-28-11-30)4-5-14(24)15(10-25-2)31-19(20,21)22/h4,6-7,9-11,26H,1,5,8,23-24H2,2-3H3,(H,28,30)/b7-6-,13-4+,15-14?,25-10?,27-9-. The van der Waals surface area contributed by atoms with Crippen LogP contribution in [-0.2, 0) is 16.0 Å². The van der Waals surface area contributed by atoms with Crippen molar-refractivity contribution in [2.75, 3.05) is 19.4 Å². The Hall–Kier alpha value is -3.61. The molecule has 0 radical (unpaired) electrons. The van der Waals surface area contributed by atoms with Gasteiger partial charge >= 0.3 is 6.36 Å². The number of amides is 1. The first-order valence-corrected chi connectivity index (χ1v) is 9.79. The van der Waals surface area contributed by atoms with E-state index < -0.39 is 12.1 Å². The van der Waals surface area contributed by atoms with Crippen LogP contribution in [-0.4, -0.2) is 44.3 Å². The second-order valence-electron chi connectivity index (χ2n) is 5.92. The highest BCUT2D eigenvalue weighted by Gasteiger charge is 2.32. The quantitative estimate of drug-likeness (QED) is 0.121. The fraction of sp³-hybridized carbons (Fsp3) is 0.263. The van der Waals surface area contributed by atoms with Gasteiger partial charge in [-0.1, -0.05) is 12.7 Å². The Morgan fingerprint density at radius 2 is 2.09 bits per heavy atom. The lowest BCUT2D eigenvalue weighted by molar-refractivity contribution is -0.302. The van der Waals surface area contributed by atoms with E-state index in [9.17, 15) is 18.0 Å². The molecule has 0 fully saturated rings. The van der Waals surface area contributed by atoms with Crippen molar-refractivity contribution in [2.45, 2.75) is 19.2 Å². The minimum Gasteiger partial charge on any atom is -0.405 e. The van der Waals surface area contributed by atoms with Crippen LogP contribution >= 0.6 is 11.3 Å². The van der Waals surface area contributed by atoms with Gasteiger partial charge in [-0.3, -0.25) is 9.79 Å². The van der Waals surface area contributed by atoms with Gasteiger partial charge in [0.2, 0.25) is 6.41 Å². The lowest BCUT2D eigenvalue weighted by atomic mass is 10.1. The molecule has 0 saturated heterocycles. The molecular formula is C19H24F3N7O2S. The minimum atomic E-state index is -4.92. The normalized spacial score (nSPS) is 13.6. The number of aliphatic imine (C=N–C) groups is 1. The third kappa shape index (κ3) is 9.04.